The summed E-state index contributed by atoms with van der Waals surface area (Å²) in [7, 11) is 1.21. The molecule has 0 aliphatic rings. The molecule has 4 nitrogen and oxygen atoms in total. The van der Waals surface area contributed by atoms with Crippen LogP contribution < -0.4 is 9.47 Å². The lowest BCUT2D eigenvalue weighted by Crippen LogP contribution is -2.10. The van der Waals surface area contributed by atoms with E-state index >= 15 is 0 Å². The molecule has 6 heteroatoms. The summed E-state index contributed by atoms with van der Waals surface area (Å²) in [6.45, 7) is 1.68. The zero-order valence-corrected chi connectivity index (χ0v) is 12.8. The Morgan fingerprint density at radius 1 is 1.27 bits per heavy atom. The van der Waals surface area contributed by atoms with Crippen molar-refractivity contribution in [2.45, 2.75) is 13.5 Å². The van der Waals surface area contributed by atoms with E-state index in [2.05, 4.69) is 4.74 Å². The van der Waals surface area contributed by atoms with Gasteiger partial charge in [0.1, 0.15) is 23.9 Å². The van der Waals surface area contributed by atoms with Gasteiger partial charge < -0.3 is 14.2 Å². The van der Waals surface area contributed by atoms with E-state index in [1.165, 1.54) is 13.2 Å². The second kappa shape index (κ2) is 7.13. The Labute approximate surface area is 132 Å². The van der Waals surface area contributed by atoms with Crippen molar-refractivity contribution in [3.63, 3.8) is 0 Å². The summed E-state index contributed by atoms with van der Waals surface area (Å²) in [5.74, 6) is 0.224. The third kappa shape index (κ3) is 3.89. The molecule has 0 aromatic heterocycles. The molecular weight excluding hydrogens is 311 g/mol. The molecular formula is C16H14ClFO4. The van der Waals surface area contributed by atoms with Crippen LogP contribution in [0.5, 0.6) is 11.5 Å². The average Bonchev–Trinajstić information content (AvgIpc) is 2.50. The van der Waals surface area contributed by atoms with Gasteiger partial charge in [-0.2, -0.15) is 0 Å². The number of carbonyl (C=O) groups excluding carboxylic acids is 1. The maximum absolute atomic E-state index is 13.5. The van der Waals surface area contributed by atoms with Crippen molar-refractivity contribution in [2.75, 3.05) is 7.11 Å². The van der Waals surface area contributed by atoms with Crippen molar-refractivity contribution in [1.29, 1.82) is 0 Å². The molecule has 0 atom stereocenters. The van der Waals surface area contributed by atoms with Gasteiger partial charge in [-0.3, -0.25) is 0 Å². The monoisotopic (exact) mass is 324 g/mol. The number of methoxy groups -OCH3 is 1. The molecule has 2 aromatic carbocycles. The predicted octanol–water partition coefficient (Wildman–Crippen LogP) is 4.51. The Hall–Kier alpha value is -2.27. The fourth-order valence-electron chi connectivity index (χ4n) is 1.72. The van der Waals surface area contributed by atoms with Crippen LogP contribution >= 0.6 is 11.6 Å². The van der Waals surface area contributed by atoms with Crippen LogP contribution in [0.15, 0.2) is 36.4 Å². The fourth-order valence-corrected chi connectivity index (χ4v) is 1.95. The zero-order chi connectivity index (χ0) is 16.1. The number of ether oxygens (including phenoxy) is 3. The van der Waals surface area contributed by atoms with Crippen molar-refractivity contribution in [3.05, 3.63) is 58.4 Å². The van der Waals surface area contributed by atoms with Crippen LogP contribution in [-0.4, -0.2) is 13.3 Å². The summed E-state index contributed by atoms with van der Waals surface area (Å²) in [5, 5.41) is 0.369. The van der Waals surface area contributed by atoms with E-state index in [1.807, 2.05) is 0 Å². The van der Waals surface area contributed by atoms with Crippen molar-refractivity contribution in [3.8, 4) is 11.5 Å². The largest absolute Gasteiger partial charge is 0.513 e. The van der Waals surface area contributed by atoms with Crippen LogP contribution in [-0.2, 0) is 11.3 Å². The smallest absolute Gasteiger partial charge is 0.489 e. The Morgan fingerprint density at radius 2 is 2.05 bits per heavy atom. The van der Waals surface area contributed by atoms with Crippen molar-refractivity contribution >= 4 is 17.8 Å². The van der Waals surface area contributed by atoms with Gasteiger partial charge in [0, 0.05) is 6.07 Å². The normalized spacial score (nSPS) is 10.2. The minimum atomic E-state index is -0.857. The first-order chi connectivity index (χ1) is 10.5. The predicted molar refractivity (Wildman–Crippen MR) is 80.0 cm³/mol. The second-order valence-corrected chi connectivity index (χ2v) is 4.88. The van der Waals surface area contributed by atoms with Gasteiger partial charge in [-0.25, -0.2) is 9.18 Å². The third-order valence-corrected chi connectivity index (χ3v) is 3.32. The van der Waals surface area contributed by atoms with Gasteiger partial charge in [0.2, 0.25) is 0 Å². The Morgan fingerprint density at radius 3 is 2.73 bits per heavy atom. The van der Waals surface area contributed by atoms with Crippen LogP contribution in [0, 0.1) is 12.7 Å². The van der Waals surface area contributed by atoms with Gasteiger partial charge in [0.05, 0.1) is 17.7 Å². The molecule has 0 radical (unpaired) electrons. The number of carbonyl (C=O) groups is 1. The number of rotatable bonds is 4. The van der Waals surface area contributed by atoms with E-state index in [1.54, 1.807) is 37.3 Å². The molecule has 0 fully saturated rings. The van der Waals surface area contributed by atoms with E-state index < -0.39 is 6.16 Å². The zero-order valence-electron chi connectivity index (χ0n) is 12.1. The van der Waals surface area contributed by atoms with Gasteiger partial charge in [-0.05, 0) is 30.7 Å². The summed E-state index contributed by atoms with van der Waals surface area (Å²) in [5.41, 5.74) is 0.996. The topological polar surface area (TPSA) is 44.8 Å². The van der Waals surface area contributed by atoms with Crippen LogP contribution in [0.25, 0.3) is 0 Å². The van der Waals surface area contributed by atoms with Gasteiger partial charge in [0.15, 0.2) is 0 Å². The number of aryl methyl sites for hydroxylation is 1. The molecule has 0 bridgehead atoms. The molecule has 0 aliphatic heterocycles. The maximum atomic E-state index is 13.5. The molecule has 2 aromatic rings. The van der Waals surface area contributed by atoms with E-state index in [0.717, 1.165) is 0 Å². The molecule has 0 N–H and O–H groups in total. The Balaban J connectivity index is 2.17. The molecule has 0 spiro atoms. The lowest BCUT2D eigenvalue weighted by atomic mass is 10.2. The molecule has 22 heavy (non-hydrogen) atoms. The van der Waals surface area contributed by atoms with E-state index in [0.29, 0.717) is 21.9 Å². The van der Waals surface area contributed by atoms with Gasteiger partial charge >= 0.3 is 6.16 Å². The van der Waals surface area contributed by atoms with Crippen LogP contribution in [0.1, 0.15) is 11.1 Å². The first-order valence-corrected chi connectivity index (χ1v) is 6.81. The fraction of sp³-hybridized carbons (Fsp3) is 0.188. The van der Waals surface area contributed by atoms with Crippen LogP contribution in [0.2, 0.25) is 5.02 Å². The number of hydrogen-bond acceptors (Lipinski definition) is 4. The molecule has 0 saturated heterocycles. The van der Waals surface area contributed by atoms with Crippen LogP contribution in [0.4, 0.5) is 9.18 Å². The highest BCUT2D eigenvalue weighted by Gasteiger charge is 2.13. The molecule has 0 saturated carbocycles. The number of halogens is 2. The average molecular weight is 325 g/mol. The SMILES string of the molecule is COC(=O)Oc1cccc(Cl)c1COc1ccc(C)c(F)c1. The molecule has 0 heterocycles. The summed E-state index contributed by atoms with van der Waals surface area (Å²) < 4.78 is 28.5. The minimum Gasteiger partial charge on any atom is -0.489 e. The summed E-state index contributed by atoms with van der Waals surface area (Å²) in [4.78, 5) is 11.2. The molecule has 0 aliphatic carbocycles. The lowest BCUT2D eigenvalue weighted by molar-refractivity contribution is 0.120. The molecule has 0 unspecified atom stereocenters. The molecule has 2 rings (SSSR count). The van der Waals surface area contributed by atoms with E-state index in [-0.39, 0.29) is 18.2 Å². The lowest BCUT2D eigenvalue weighted by Gasteiger charge is -2.12. The van der Waals surface area contributed by atoms with Crippen molar-refractivity contribution < 1.29 is 23.4 Å². The van der Waals surface area contributed by atoms with Gasteiger partial charge in [-0.1, -0.05) is 23.7 Å². The highest BCUT2D eigenvalue weighted by molar-refractivity contribution is 6.31. The van der Waals surface area contributed by atoms with Gasteiger partial charge in [-0.15, -0.1) is 0 Å². The third-order valence-electron chi connectivity index (χ3n) is 2.96. The second-order valence-electron chi connectivity index (χ2n) is 4.47. The van der Waals surface area contributed by atoms with E-state index in [4.69, 9.17) is 21.1 Å². The Bertz CT molecular complexity index is 688. The minimum absolute atomic E-state index is 0.0223. The molecule has 0 amide bonds. The van der Waals surface area contributed by atoms with Crippen molar-refractivity contribution in [2.24, 2.45) is 0 Å². The number of hydrogen-bond donors (Lipinski definition) is 0. The van der Waals surface area contributed by atoms with Crippen molar-refractivity contribution in [1.82, 2.24) is 0 Å². The standard InChI is InChI=1S/C16H14ClFO4/c1-10-6-7-11(8-14(10)18)21-9-12-13(17)4-3-5-15(12)22-16(19)20-2/h3-8H,9H2,1-2H3. The highest BCUT2D eigenvalue weighted by Crippen LogP contribution is 2.28. The summed E-state index contributed by atoms with van der Waals surface area (Å²) in [6, 6.07) is 9.39. The summed E-state index contributed by atoms with van der Waals surface area (Å²) in [6.07, 6.45) is -0.857. The quantitative estimate of drug-likeness (QED) is 0.613. The Kier molecular flexibility index (Phi) is 5.22. The van der Waals surface area contributed by atoms with E-state index in [9.17, 15) is 9.18 Å². The maximum Gasteiger partial charge on any atom is 0.513 e. The molecule has 116 valence electrons. The van der Waals surface area contributed by atoms with Crippen LogP contribution in [0.3, 0.4) is 0 Å². The first-order valence-electron chi connectivity index (χ1n) is 6.43. The van der Waals surface area contributed by atoms with Gasteiger partial charge in [0.25, 0.3) is 0 Å². The first kappa shape index (κ1) is 16.1. The number of benzene rings is 2. The summed E-state index contributed by atoms with van der Waals surface area (Å²) >= 11 is 6.09. The highest BCUT2D eigenvalue weighted by atomic mass is 35.5.